The van der Waals surface area contributed by atoms with Crippen LogP contribution >= 0.6 is 27.5 Å². The van der Waals surface area contributed by atoms with Gasteiger partial charge in [0, 0.05) is 17.8 Å². The van der Waals surface area contributed by atoms with Gasteiger partial charge in [0.1, 0.15) is 12.4 Å². The monoisotopic (exact) mass is 542 g/mol. The number of benzene rings is 3. The lowest BCUT2D eigenvalue weighted by molar-refractivity contribution is 0.267. The maximum absolute atomic E-state index is 13.3. The summed E-state index contributed by atoms with van der Waals surface area (Å²) in [5.74, 6) is 0.640. The maximum Gasteiger partial charge on any atom is 0.238 e. The lowest BCUT2D eigenvalue weighted by Gasteiger charge is -2.16. The van der Waals surface area contributed by atoms with Crippen molar-refractivity contribution in [2.24, 2.45) is 5.14 Å². The molecule has 0 saturated heterocycles. The molecular formula is C22H21BrClFN2O4S. The van der Waals surface area contributed by atoms with Gasteiger partial charge in [0.15, 0.2) is 11.5 Å². The van der Waals surface area contributed by atoms with Crippen LogP contribution in [-0.2, 0) is 23.2 Å². The van der Waals surface area contributed by atoms with Crippen LogP contribution in [0.1, 0.15) is 18.1 Å². The van der Waals surface area contributed by atoms with Crippen LogP contribution in [-0.4, -0.2) is 15.0 Å². The van der Waals surface area contributed by atoms with Crippen LogP contribution in [0.25, 0.3) is 0 Å². The van der Waals surface area contributed by atoms with Crippen molar-refractivity contribution in [1.82, 2.24) is 0 Å². The quantitative estimate of drug-likeness (QED) is 0.373. The van der Waals surface area contributed by atoms with E-state index in [9.17, 15) is 12.8 Å². The van der Waals surface area contributed by atoms with Crippen molar-refractivity contribution in [2.75, 3.05) is 11.9 Å². The second kappa shape index (κ2) is 10.5. The average Bonchev–Trinajstić information content (AvgIpc) is 2.73. The third kappa shape index (κ3) is 6.35. The summed E-state index contributed by atoms with van der Waals surface area (Å²) in [4.78, 5) is 0.0483. The zero-order chi connectivity index (χ0) is 23.3. The van der Waals surface area contributed by atoms with Crippen LogP contribution < -0.4 is 19.9 Å². The summed E-state index contributed by atoms with van der Waals surface area (Å²) in [6.07, 6.45) is 0. The highest BCUT2D eigenvalue weighted by atomic mass is 79.9. The standard InChI is InChI=1S/C22H21BrClFN2O4S/c1-2-30-21-10-14(12-27-17-5-7-18(8-6-17)32(26,28)29)9-19(23)22(21)31-13-15-3-4-16(25)11-20(15)24/h3-11,27H,2,12-13H2,1H3,(H2,26,28,29). The fourth-order valence-corrected chi connectivity index (χ4v) is 4.22. The van der Waals surface area contributed by atoms with Crippen LogP contribution in [0.15, 0.2) is 64.0 Å². The van der Waals surface area contributed by atoms with Crippen LogP contribution in [0.4, 0.5) is 10.1 Å². The Hall–Kier alpha value is -2.33. The second-order valence-electron chi connectivity index (χ2n) is 6.79. The first-order chi connectivity index (χ1) is 15.2. The molecule has 0 amide bonds. The van der Waals surface area contributed by atoms with E-state index in [0.29, 0.717) is 34.7 Å². The summed E-state index contributed by atoms with van der Waals surface area (Å²) in [6, 6.07) is 14.0. The molecule has 10 heteroatoms. The molecule has 3 aromatic carbocycles. The van der Waals surface area contributed by atoms with E-state index in [2.05, 4.69) is 21.2 Å². The van der Waals surface area contributed by atoms with Gasteiger partial charge in [0.25, 0.3) is 0 Å². The van der Waals surface area contributed by atoms with Crippen molar-refractivity contribution in [2.45, 2.75) is 25.0 Å². The molecule has 0 spiro atoms. The number of nitrogens with one attached hydrogen (secondary N) is 1. The molecule has 0 aliphatic carbocycles. The van der Waals surface area contributed by atoms with Crippen molar-refractivity contribution in [3.8, 4) is 11.5 Å². The van der Waals surface area contributed by atoms with Crippen molar-refractivity contribution in [1.29, 1.82) is 0 Å². The van der Waals surface area contributed by atoms with E-state index >= 15 is 0 Å². The zero-order valence-electron chi connectivity index (χ0n) is 17.1. The van der Waals surface area contributed by atoms with Crippen LogP contribution in [0.3, 0.4) is 0 Å². The molecule has 0 saturated carbocycles. The van der Waals surface area contributed by atoms with Crippen molar-refractivity contribution in [3.05, 3.63) is 81.0 Å². The van der Waals surface area contributed by atoms with Crippen molar-refractivity contribution in [3.63, 3.8) is 0 Å². The third-order valence-electron chi connectivity index (χ3n) is 4.44. The number of hydrogen-bond donors (Lipinski definition) is 2. The van der Waals surface area contributed by atoms with E-state index in [4.69, 9.17) is 26.2 Å². The Bertz CT molecular complexity index is 1210. The molecule has 3 aromatic rings. The summed E-state index contributed by atoms with van der Waals surface area (Å²) in [5.41, 5.74) is 2.29. The van der Waals surface area contributed by atoms with Gasteiger partial charge >= 0.3 is 0 Å². The molecule has 3 rings (SSSR count). The van der Waals surface area contributed by atoms with E-state index < -0.39 is 15.8 Å². The highest BCUT2D eigenvalue weighted by molar-refractivity contribution is 9.10. The van der Waals surface area contributed by atoms with E-state index in [0.717, 1.165) is 11.3 Å². The SMILES string of the molecule is CCOc1cc(CNc2ccc(S(N)(=O)=O)cc2)cc(Br)c1OCc1ccc(F)cc1Cl. The van der Waals surface area contributed by atoms with Gasteiger partial charge in [-0.2, -0.15) is 0 Å². The molecular weight excluding hydrogens is 523 g/mol. The smallest absolute Gasteiger partial charge is 0.238 e. The second-order valence-corrected chi connectivity index (χ2v) is 9.61. The first-order valence-corrected chi connectivity index (χ1v) is 12.3. The predicted molar refractivity (Wildman–Crippen MR) is 126 cm³/mol. The number of ether oxygens (including phenoxy) is 2. The van der Waals surface area contributed by atoms with Crippen LogP contribution in [0.5, 0.6) is 11.5 Å². The van der Waals surface area contributed by atoms with Crippen molar-refractivity contribution >= 4 is 43.2 Å². The number of hydrogen-bond acceptors (Lipinski definition) is 5. The topological polar surface area (TPSA) is 90.6 Å². The first-order valence-electron chi connectivity index (χ1n) is 9.56. The fraction of sp³-hybridized carbons (Fsp3) is 0.182. The van der Waals surface area contributed by atoms with E-state index in [1.165, 1.54) is 24.3 Å². The summed E-state index contributed by atoms with van der Waals surface area (Å²) < 4.78 is 48.4. The highest BCUT2D eigenvalue weighted by Crippen LogP contribution is 2.38. The van der Waals surface area contributed by atoms with Gasteiger partial charge in [-0.15, -0.1) is 0 Å². The molecule has 0 bridgehead atoms. The number of halogens is 3. The fourth-order valence-electron chi connectivity index (χ4n) is 2.88. The molecule has 0 aliphatic heterocycles. The first kappa shape index (κ1) is 24.3. The number of anilines is 1. The molecule has 0 unspecified atom stereocenters. The van der Waals surface area contributed by atoms with Gasteiger partial charge in [-0.3, -0.25) is 0 Å². The van der Waals surface area contributed by atoms with E-state index in [1.807, 2.05) is 19.1 Å². The number of primary sulfonamides is 1. The Labute approximate surface area is 199 Å². The highest BCUT2D eigenvalue weighted by Gasteiger charge is 2.14. The Morgan fingerprint density at radius 3 is 2.44 bits per heavy atom. The summed E-state index contributed by atoms with van der Waals surface area (Å²) in [7, 11) is -3.73. The minimum absolute atomic E-state index is 0.0483. The van der Waals surface area contributed by atoms with Gasteiger partial charge in [-0.25, -0.2) is 17.9 Å². The minimum atomic E-state index is -3.73. The maximum atomic E-state index is 13.3. The molecule has 32 heavy (non-hydrogen) atoms. The Kier molecular flexibility index (Phi) is 8.00. The van der Waals surface area contributed by atoms with Gasteiger partial charge in [-0.1, -0.05) is 17.7 Å². The number of rotatable bonds is 9. The average molecular weight is 544 g/mol. The summed E-state index contributed by atoms with van der Waals surface area (Å²) in [5, 5.41) is 8.63. The number of sulfonamides is 1. The van der Waals surface area contributed by atoms with Crippen molar-refractivity contribution < 1.29 is 22.3 Å². The Morgan fingerprint density at radius 2 is 1.81 bits per heavy atom. The molecule has 0 atom stereocenters. The normalized spacial score (nSPS) is 11.3. The molecule has 0 radical (unpaired) electrons. The van der Waals surface area contributed by atoms with E-state index in [-0.39, 0.29) is 16.5 Å². The lowest BCUT2D eigenvalue weighted by atomic mass is 10.2. The third-order valence-corrected chi connectivity index (χ3v) is 6.31. The summed E-state index contributed by atoms with van der Waals surface area (Å²) >= 11 is 9.61. The minimum Gasteiger partial charge on any atom is -0.490 e. The van der Waals surface area contributed by atoms with Crippen LogP contribution in [0.2, 0.25) is 5.02 Å². The zero-order valence-corrected chi connectivity index (χ0v) is 20.2. The molecule has 0 fully saturated rings. The van der Waals surface area contributed by atoms with Gasteiger partial charge in [-0.05, 0) is 76.9 Å². The number of nitrogens with two attached hydrogens (primary N) is 1. The van der Waals surface area contributed by atoms with Gasteiger partial charge in [0.2, 0.25) is 10.0 Å². The van der Waals surface area contributed by atoms with Gasteiger partial charge < -0.3 is 14.8 Å². The predicted octanol–water partition coefficient (Wildman–Crippen LogP) is 5.48. The molecule has 0 aliphatic rings. The molecule has 170 valence electrons. The molecule has 3 N–H and O–H groups in total. The molecule has 0 aromatic heterocycles. The Balaban J connectivity index is 1.74. The van der Waals surface area contributed by atoms with Gasteiger partial charge in [0.05, 0.1) is 21.0 Å². The molecule has 0 heterocycles. The van der Waals surface area contributed by atoms with Crippen LogP contribution in [0, 0.1) is 5.82 Å². The largest absolute Gasteiger partial charge is 0.490 e. The Morgan fingerprint density at radius 1 is 1.09 bits per heavy atom. The summed E-state index contributed by atoms with van der Waals surface area (Å²) in [6.45, 7) is 2.90. The lowest BCUT2D eigenvalue weighted by Crippen LogP contribution is -2.12. The van der Waals surface area contributed by atoms with E-state index in [1.54, 1.807) is 18.2 Å². The molecule has 6 nitrogen and oxygen atoms in total.